The summed E-state index contributed by atoms with van der Waals surface area (Å²) in [7, 11) is 1.48. The van der Waals surface area contributed by atoms with Crippen LogP contribution in [-0.4, -0.2) is 33.0 Å². The molecular weight excluding hydrogens is 508 g/mol. The van der Waals surface area contributed by atoms with Gasteiger partial charge < -0.3 is 19.6 Å². The number of aliphatic hydroxyl groups excluding tert-OH is 1. The summed E-state index contributed by atoms with van der Waals surface area (Å²) in [5.74, 6) is -1.24. The zero-order valence-corrected chi connectivity index (χ0v) is 20.6. The minimum Gasteiger partial charge on any atom is -0.481 e. The molecule has 39 heavy (non-hydrogen) atoms. The normalized spacial score (nSPS) is 11.0. The number of ketones is 1. The van der Waals surface area contributed by atoms with Gasteiger partial charge in [-0.3, -0.25) is 14.6 Å². The molecule has 0 fully saturated rings. The highest BCUT2D eigenvalue weighted by molar-refractivity contribution is 5.98. The molecule has 3 heterocycles. The Hall–Kier alpha value is -4.96. The van der Waals surface area contributed by atoms with Crippen LogP contribution in [-0.2, 0) is 13.0 Å². The molecule has 5 aromatic rings. The van der Waals surface area contributed by atoms with Crippen molar-refractivity contribution in [2.75, 3.05) is 7.11 Å². The van der Waals surface area contributed by atoms with E-state index in [1.807, 2.05) is 0 Å². The lowest BCUT2D eigenvalue weighted by Crippen LogP contribution is -2.21. The molecule has 0 aliphatic rings. The Morgan fingerprint density at radius 2 is 1.82 bits per heavy atom. The summed E-state index contributed by atoms with van der Waals surface area (Å²) in [5, 5.41) is 9.67. The van der Waals surface area contributed by atoms with Gasteiger partial charge in [0.1, 0.15) is 11.3 Å². The molecule has 0 saturated heterocycles. The van der Waals surface area contributed by atoms with Crippen molar-refractivity contribution >= 4 is 16.8 Å². The van der Waals surface area contributed by atoms with E-state index in [-0.39, 0.29) is 34.7 Å². The van der Waals surface area contributed by atoms with Crippen LogP contribution in [0.15, 0.2) is 77.9 Å². The van der Waals surface area contributed by atoms with E-state index in [0.29, 0.717) is 28.0 Å². The number of fused-ring (bicyclic) bond motifs is 1. The predicted octanol–water partition coefficient (Wildman–Crippen LogP) is 4.98. The van der Waals surface area contributed by atoms with Gasteiger partial charge in [0.2, 0.25) is 11.3 Å². The molecule has 0 bridgehead atoms. The molecule has 5 rings (SSSR count). The molecule has 0 spiro atoms. The standard InChI is InChI=1S/C29H21F2N3O5/c1-38-26-9-7-21-28(34-26)25(10-11-32-21)39-24-8-2-16(12-20(24)31)13-23(36)19-14-33-22(15-35)27(29(19)37)17-3-5-18(30)6-4-17/h2-12,14,35H,13,15H2,1H3,(H,33,37). The van der Waals surface area contributed by atoms with Gasteiger partial charge in [0.15, 0.2) is 23.1 Å². The molecule has 10 heteroatoms. The monoisotopic (exact) mass is 529 g/mol. The molecule has 0 aliphatic heterocycles. The fraction of sp³-hybridized carbons (Fsp3) is 0.103. The molecule has 3 aromatic heterocycles. The second-order valence-corrected chi connectivity index (χ2v) is 8.55. The number of rotatable bonds is 8. The zero-order chi connectivity index (χ0) is 27.5. The van der Waals surface area contributed by atoms with Crippen LogP contribution in [0.25, 0.3) is 22.2 Å². The number of aromatic amines is 1. The lowest BCUT2D eigenvalue weighted by atomic mass is 9.97. The molecule has 2 aromatic carbocycles. The Balaban J connectivity index is 1.40. The van der Waals surface area contributed by atoms with Crippen molar-refractivity contribution in [2.24, 2.45) is 0 Å². The molecule has 0 unspecified atom stereocenters. The number of ether oxygens (including phenoxy) is 2. The van der Waals surface area contributed by atoms with E-state index in [9.17, 15) is 19.1 Å². The van der Waals surface area contributed by atoms with Gasteiger partial charge in [-0.05, 0) is 41.5 Å². The number of benzene rings is 2. The van der Waals surface area contributed by atoms with Crippen LogP contribution in [0.3, 0.4) is 0 Å². The van der Waals surface area contributed by atoms with Crippen LogP contribution in [0.1, 0.15) is 21.6 Å². The highest BCUT2D eigenvalue weighted by atomic mass is 19.1. The third-order valence-corrected chi connectivity index (χ3v) is 6.07. The number of carbonyl (C=O) groups is 1. The highest BCUT2D eigenvalue weighted by Gasteiger charge is 2.19. The Bertz CT molecular complexity index is 1750. The largest absolute Gasteiger partial charge is 0.481 e. The highest BCUT2D eigenvalue weighted by Crippen LogP contribution is 2.31. The van der Waals surface area contributed by atoms with E-state index in [4.69, 9.17) is 9.47 Å². The number of pyridine rings is 3. The number of halogens is 2. The van der Waals surface area contributed by atoms with E-state index < -0.39 is 29.5 Å². The minimum absolute atomic E-state index is 0.0631. The molecule has 8 nitrogen and oxygen atoms in total. The lowest BCUT2D eigenvalue weighted by Gasteiger charge is -2.11. The topological polar surface area (TPSA) is 114 Å². The second kappa shape index (κ2) is 10.8. The number of aromatic nitrogens is 3. The number of hydrogen-bond donors (Lipinski definition) is 2. The van der Waals surface area contributed by atoms with Crippen LogP contribution >= 0.6 is 0 Å². The summed E-state index contributed by atoms with van der Waals surface area (Å²) in [6, 6.07) is 14.1. The van der Waals surface area contributed by atoms with E-state index in [0.717, 1.165) is 6.07 Å². The van der Waals surface area contributed by atoms with Gasteiger partial charge in [-0.15, -0.1) is 0 Å². The summed E-state index contributed by atoms with van der Waals surface area (Å²) >= 11 is 0. The van der Waals surface area contributed by atoms with Gasteiger partial charge in [0.05, 0.1) is 36.1 Å². The summed E-state index contributed by atoms with van der Waals surface area (Å²) in [6.45, 7) is -0.488. The number of Topliss-reactive ketones (excluding diaryl/α,β-unsaturated/α-hetero) is 1. The predicted molar refractivity (Wildman–Crippen MR) is 139 cm³/mol. The summed E-state index contributed by atoms with van der Waals surface area (Å²) in [6.07, 6.45) is 2.46. The average Bonchev–Trinajstić information content (AvgIpc) is 2.94. The number of H-pyrrole nitrogens is 1. The minimum atomic E-state index is -0.718. The van der Waals surface area contributed by atoms with E-state index in [1.165, 1.54) is 55.9 Å². The second-order valence-electron chi connectivity index (χ2n) is 8.55. The number of nitrogens with zero attached hydrogens (tertiary/aromatic N) is 2. The first kappa shape index (κ1) is 25.7. The van der Waals surface area contributed by atoms with Crippen molar-refractivity contribution in [1.82, 2.24) is 15.0 Å². The Kier molecular flexibility index (Phi) is 7.11. The van der Waals surface area contributed by atoms with Gasteiger partial charge >= 0.3 is 0 Å². The maximum Gasteiger partial charge on any atom is 0.213 e. The quantitative estimate of drug-likeness (QED) is 0.273. The number of carbonyl (C=O) groups excluding carboxylic acids is 1. The van der Waals surface area contributed by atoms with Crippen molar-refractivity contribution in [3.05, 3.63) is 112 Å². The van der Waals surface area contributed by atoms with Crippen LogP contribution in [0.4, 0.5) is 8.78 Å². The first-order valence-corrected chi connectivity index (χ1v) is 11.8. The van der Waals surface area contributed by atoms with Gasteiger partial charge in [0.25, 0.3) is 0 Å². The van der Waals surface area contributed by atoms with E-state index in [1.54, 1.807) is 18.2 Å². The smallest absolute Gasteiger partial charge is 0.213 e. The van der Waals surface area contributed by atoms with Crippen LogP contribution < -0.4 is 14.9 Å². The first-order chi connectivity index (χ1) is 18.9. The molecule has 0 atom stereocenters. The SMILES string of the molecule is COc1ccc2nccc(Oc3ccc(CC(=O)c4c[nH]c(CO)c(-c5ccc(F)cc5)c4=O)cc3F)c2n1. The lowest BCUT2D eigenvalue weighted by molar-refractivity contribution is 0.0991. The van der Waals surface area contributed by atoms with E-state index in [2.05, 4.69) is 15.0 Å². The Morgan fingerprint density at radius 3 is 2.54 bits per heavy atom. The van der Waals surface area contributed by atoms with Gasteiger partial charge in [0, 0.05) is 30.9 Å². The van der Waals surface area contributed by atoms with Gasteiger partial charge in [-0.2, -0.15) is 0 Å². The molecule has 0 radical (unpaired) electrons. The van der Waals surface area contributed by atoms with Crippen molar-refractivity contribution in [2.45, 2.75) is 13.0 Å². The summed E-state index contributed by atoms with van der Waals surface area (Å²) in [5.41, 5.74) is 1.04. The number of nitrogens with one attached hydrogen (secondary N) is 1. The molecule has 0 saturated carbocycles. The number of methoxy groups -OCH3 is 1. The van der Waals surface area contributed by atoms with Crippen LogP contribution in [0, 0.1) is 11.6 Å². The average molecular weight is 529 g/mol. The first-order valence-electron chi connectivity index (χ1n) is 11.8. The van der Waals surface area contributed by atoms with Gasteiger partial charge in [-0.1, -0.05) is 18.2 Å². The zero-order valence-electron chi connectivity index (χ0n) is 20.6. The van der Waals surface area contributed by atoms with Gasteiger partial charge in [-0.25, -0.2) is 13.8 Å². The molecule has 0 aliphatic carbocycles. The summed E-state index contributed by atoms with van der Waals surface area (Å²) < 4.78 is 39.3. The number of aliphatic hydroxyl groups is 1. The fourth-order valence-corrected chi connectivity index (χ4v) is 4.14. The molecule has 2 N–H and O–H groups in total. The van der Waals surface area contributed by atoms with E-state index >= 15 is 4.39 Å². The molecule has 196 valence electrons. The number of hydrogen-bond acceptors (Lipinski definition) is 7. The van der Waals surface area contributed by atoms with Crippen molar-refractivity contribution < 1.29 is 28.2 Å². The Morgan fingerprint density at radius 1 is 1.03 bits per heavy atom. The Labute approximate surface area is 220 Å². The maximum atomic E-state index is 15.0. The van der Waals surface area contributed by atoms with Crippen LogP contribution in [0.5, 0.6) is 17.4 Å². The van der Waals surface area contributed by atoms with Crippen LogP contribution in [0.2, 0.25) is 0 Å². The summed E-state index contributed by atoms with van der Waals surface area (Å²) in [4.78, 5) is 37.5. The maximum absolute atomic E-state index is 15.0. The molecular formula is C29H21F2N3O5. The third-order valence-electron chi connectivity index (χ3n) is 6.07. The third kappa shape index (κ3) is 5.23. The fourth-order valence-electron chi connectivity index (χ4n) is 4.14. The van der Waals surface area contributed by atoms with Crippen molar-refractivity contribution in [1.29, 1.82) is 0 Å². The van der Waals surface area contributed by atoms with Crippen molar-refractivity contribution in [3.8, 4) is 28.5 Å². The molecule has 0 amide bonds. The van der Waals surface area contributed by atoms with Crippen molar-refractivity contribution in [3.63, 3.8) is 0 Å².